The molecule has 0 spiro atoms. The fraction of sp³-hybridized carbons (Fsp3) is 0.273. The Morgan fingerprint density at radius 3 is 2.58 bits per heavy atom. The van der Waals surface area contributed by atoms with Crippen molar-refractivity contribution < 1.29 is 22.8 Å². The van der Waals surface area contributed by atoms with E-state index >= 15 is 0 Å². The molecular formula is C11H9F3N2O2S. The van der Waals surface area contributed by atoms with Gasteiger partial charge in [-0.05, 0) is 18.2 Å². The molecule has 0 saturated heterocycles. The Morgan fingerprint density at radius 2 is 2.05 bits per heavy atom. The van der Waals surface area contributed by atoms with E-state index < -0.39 is 23.4 Å². The van der Waals surface area contributed by atoms with Gasteiger partial charge in [-0.25, -0.2) is 4.79 Å². The van der Waals surface area contributed by atoms with Crippen molar-refractivity contribution >= 4 is 34.1 Å². The molecule has 0 radical (unpaired) electrons. The summed E-state index contributed by atoms with van der Waals surface area (Å²) in [6.45, 7) is 0. The first-order chi connectivity index (χ1) is 8.79. The number of nitrogens with zero attached hydrogens (tertiary/aromatic N) is 2. The Hall–Kier alpha value is -1.83. The van der Waals surface area contributed by atoms with E-state index in [0.29, 0.717) is 4.88 Å². The normalized spacial score (nSPS) is 17.6. The SMILES string of the molecule is CN(C)c1ccc(/C=C2/C(=O)ON=C2C(F)(F)F)s1. The molecule has 1 aliphatic heterocycles. The van der Waals surface area contributed by atoms with Crippen LogP contribution in [0.1, 0.15) is 4.88 Å². The zero-order valence-corrected chi connectivity index (χ0v) is 10.8. The highest BCUT2D eigenvalue weighted by atomic mass is 32.1. The van der Waals surface area contributed by atoms with Crippen LogP contribution in [0.5, 0.6) is 0 Å². The van der Waals surface area contributed by atoms with Gasteiger partial charge in [-0.2, -0.15) is 13.2 Å². The molecule has 0 unspecified atom stereocenters. The minimum absolute atomic E-state index is 0.523. The first-order valence-electron chi connectivity index (χ1n) is 5.15. The number of carbonyl (C=O) groups is 1. The van der Waals surface area contributed by atoms with Crippen molar-refractivity contribution in [3.63, 3.8) is 0 Å². The van der Waals surface area contributed by atoms with Gasteiger partial charge in [0.05, 0.1) is 10.6 Å². The number of oxime groups is 1. The number of halogens is 3. The molecule has 8 heteroatoms. The van der Waals surface area contributed by atoms with E-state index in [-0.39, 0.29) is 0 Å². The Labute approximate surface area is 110 Å². The zero-order valence-electron chi connectivity index (χ0n) is 9.99. The van der Waals surface area contributed by atoms with Gasteiger partial charge >= 0.3 is 12.1 Å². The first kappa shape index (κ1) is 13.6. The summed E-state index contributed by atoms with van der Waals surface area (Å²) < 4.78 is 37.8. The smallest absolute Gasteiger partial charge is 0.370 e. The molecule has 1 aromatic heterocycles. The van der Waals surface area contributed by atoms with Gasteiger partial charge in [0.2, 0.25) is 0 Å². The molecule has 0 aliphatic carbocycles. The van der Waals surface area contributed by atoms with Crippen molar-refractivity contribution in [2.45, 2.75) is 6.18 Å². The predicted molar refractivity (Wildman–Crippen MR) is 66.2 cm³/mol. The molecule has 102 valence electrons. The third-order valence-electron chi connectivity index (χ3n) is 2.30. The van der Waals surface area contributed by atoms with Crippen molar-refractivity contribution in [2.24, 2.45) is 5.16 Å². The molecule has 0 fully saturated rings. The Morgan fingerprint density at radius 1 is 1.37 bits per heavy atom. The largest absolute Gasteiger partial charge is 0.437 e. The van der Waals surface area contributed by atoms with Gasteiger partial charge in [-0.1, -0.05) is 5.16 Å². The number of hydrogen-bond donors (Lipinski definition) is 0. The van der Waals surface area contributed by atoms with Crippen LogP contribution < -0.4 is 4.90 Å². The van der Waals surface area contributed by atoms with E-state index in [9.17, 15) is 18.0 Å². The van der Waals surface area contributed by atoms with Crippen LogP contribution in [0.4, 0.5) is 18.2 Å². The fourth-order valence-corrected chi connectivity index (χ4v) is 2.29. The molecule has 0 atom stereocenters. The Balaban J connectivity index is 2.35. The van der Waals surface area contributed by atoms with E-state index in [4.69, 9.17) is 0 Å². The van der Waals surface area contributed by atoms with Crippen LogP contribution >= 0.6 is 11.3 Å². The second-order valence-corrected chi connectivity index (χ2v) is 5.04. The fourth-order valence-electron chi connectivity index (χ4n) is 1.42. The van der Waals surface area contributed by atoms with Crippen LogP contribution in [-0.4, -0.2) is 32.0 Å². The highest BCUT2D eigenvalue weighted by Crippen LogP contribution is 2.31. The number of alkyl halides is 3. The second kappa shape index (κ2) is 4.69. The lowest BCUT2D eigenvalue weighted by atomic mass is 10.1. The van der Waals surface area contributed by atoms with E-state index in [1.54, 1.807) is 12.1 Å². The summed E-state index contributed by atoms with van der Waals surface area (Å²) in [6.07, 6.45) is -3.57. The lowest BCUT2D eigenvalue weighted by molar-refractivity contribution is -0.136. The quantitative estimate of drug-likeness (QED) is 0.621. The third kappa shape index (κ3) is 2.78. The Bertz CT molecular complexity index is 573. The van der Waals surface area contributed by atoms with Crippen LogP contribution in [0.15, 0.2) is 22.9 Å². The number of anilines is 1. The van der Waals surface area contributed by atoms with Crippen LogP contribution in [0.2, 0.25) is 0 Å². The monoisotopic (exact) mass is 290 g/mol. The van der Waals surface area contributed by atoms with E-state index in [0.717, 1.165) is 11.1 Å². The van der Waals surface area contributed by atoms with Crippen LogP contribution in [0.25, 0.3) is 6.08 Å². The number of hydrogen-bond acceptors (Lipinski definition) is 5. The molecule has 0 N–H and O–H groups in total. The topological polar surface area (TPSA) is 41.9 Å². The molecule has 2 heterocycles. The molecule has 0 saturated carbocycles. The molecule has 2 rings (SSSR count). The van der Waals surface area contributed by atoms with Gasteiger partial charge in [0.15, 0.2) is 5.71 Å². The minimum Gasteiger partial charge on any atom is -0.370 e. The average molecular weight is 290 g/mol. The zero-order chi connectivity index (χ0) is 14.2. The Kier molecular flexibility index (Phi) is 3.36. The van der Waals surface area contributed by atoms with Gasteiger partial charge < -0.3 is 9.74 Å². The molecule has 1 aromatic rings. The van der Waals surface area contributed by atoms with Crippen LogP contribution in [0, 0.1) is 0 Å². The van der Waals surface area contributed by atoms with Gasteiger partial charge in [-0.15, -0.1) is 11.3 Å². The first-order valence-corrected chi connectivity index (χ1v) is 5.96. The van der Waals surface area contributed by atoms with Crippen LogP contribution in [-0.2, 0) is 9.63 Å². The van der Waals surface area contributed by atoms with Crippen LogP contribution in [0.3, 0.4) is 0 Å². The summed E-state index contributed by atoms with van der Waals surface area (Å²) in [5.74, 6) is -1.09. The van der Waals surface area contributed by atoms with E-state index in [2.05, 4.69) is 9.99 Å². The summed E-state index contributed by atoms with van der Waals surface area (Å²) in [6, 6.07) is 3.38. The molecule has 1 aliphatic rings. The van der Waals surface area contributed by atoms with Crippen molar-refractivity contribution in [3.05, 3.63) is 22.6 Å². The molecule has 0 amide bonds. The van der Waals surface area contributed by atoms with E-state index in [1.165, 1.54) is 11.3 Å². The maximum absolute atomic E-state index is 12.6. The minimum atomic E-state index is -4.71. The summed E-state index contributed by atoms with van der Waals surface area (Å²) in [7, 11) is 3.63. The predicted octanol–water partition coefficient (Wildman–Crippen LogP) is 2.67. The summed E-state index contributed by atoms with van der Waals surface area (Å²) in [5, 5.41) is 3.64. The summed E-state index contributed by atoms with van der Waals surface area (Å²) in [4.78, 5) is 17.7. The van der Waals surface area contributed by atoms with Crippen molar-refractivity contribution in [3.8, 4) is 0 Å². The standard InChI is InChI=1S/C11H9F3N2O2S/c1-16(2)8-4-3-6(19-8)5-7-9(11(12,13)14)15-18-10(7)17/h3-5H,1-2H3/b7-5+. The number of thiophene rings is 1. The molecule has 0 bridgehead atoms. The van der Waals surface area contributed by atoms with Crippen molar-refractivity contribution in [1.29, 1.82) is 0 Å². The maximum Gasteiger partial charge on any atom is 0.437 e. The average Bonchev–Trinajstić information content (AvgIpc) is 2.86. The van der Waals surface area contributed by atoms with Gasteiger partial charge in [0, 0.05) is 19.0 Å². The molecule has 0 aromatic carbocycles. The molecule has 4 nitrogen and oxygen atoms in total. The van der Waals surface area contributed by atoms with Crippen molar-refractivity contribution in [2.75, 3.05) is 19.0 Å². The summed E-state index contributed by atoms with van der Waals surface area (Å²) >= 11 is 1.26. The number of carbonyl (C=O) groups excluding carboxylic acids is 1. The van der Waals surface area contributed by atoms with Gasteiger partial charge in [0.1, 0.15) is 0 Å². The number of rotatable bonds is 2. The van der Waals surface area contributed by atoms with Gasteiger partial charge in [0.25, 0.3) is 0 Å². The third-order valence-corrected chi connectivity index (χ3v) is 3.50. The highest BCUT2D eigenvalue weighted by molar-refractivity contribution is 7.17. The second-order valence-electron chi connectivity index (χ2n) is 3.94. The van der Waals surface area contributed by atoms with E-state index in [1.807, 2.05) is 19.0 Å². The maximum atomic E-state index is 12.6. The highest BCUT2D eigenvalue weighted by Gasteiger charge is 2.45. The lowest BCUT2D eigenvalue weighted by Crippen LogP contribution is -2.24. The summed E-state index contributed by atoms with van der Waals surface area (Å²) in [5.41, 5.74) is -1.86. The van der Waals surface area contributed by atoms with Gasteiger partial charge in [-0.3, -0.25) is 0 Å². The van der Waals surface area contributed by atoms with Crippen molar-refractivity contribution in [1.82, 2.24) is 0 Å². The molecular weight excluding hydrogens is 281 g/mol. The lowest BCUT2D eigenvalue weighted by Gasteiger charge is -2.07. The molecule has 19 heavy (non-hydrogen) atoms.